The zero-order valence-electron chi connectivity index (χ0n) is 14.5. The highest BCUT2D eigenvalue weighted by molar-refractivity contribution is 9.10. The van der Waals surface area contributed by atoms with E-state index in [1.807, 2.05) is 41.3 Å². The van der Waals surface area contributed by atoms with Crippen LogP contribution in [0.2, 0.25) is 0 Å². The highest BCUT2D eigenvalue weighted by Gasteiger charge is 2.23. The average Bonchev–Trinajstić information content (AvgIpc) is 3.30. The largest absolute Gasteiger partial charge is 0.454 e. The summed E-state index contributed by atoms with van der Waals surface area (Å²) in [5, 5.41) is 1.18. The first-order valence-electron chi connectivity index (χ1n) is 8.83. The lowest BCUT2D eigenvalue weighted by molar-refractivity contribution is -0.126. The van der Waals surface area contributed by atoms with Gasteiger partial charge in [-0.2, -0.15) is 0 Å². The topological polar surface area (TPSA) is 54.6 Å². The van der Waals surface area contributed by atoms with Gasteiger partial charge in [-0.3, -0.25) is 4.79 Å². The Labute approximate surface area is 164 Å². The minimum absolute atomic E-state index is 0.0164. The molecule has 2 aromatic carbocycles. The van der Waals surface area contributed by atoms with Crippen molar-refractivity contribution in [1.29, 1.82) is 0 Å². The molecule has 5 rings (SSSR count). The van der Waals surface area contributed by atoms with Crippen molar-refractivity contribution in [3.05, 3.63) is 63.8 Å². The molecule has 0 atom stereocenters. The Kier molecular flexibility index (Phi) is 3.93. The van der Waals surface area contributed by atoms with Crippen molar-refractivity contribution in [2.75, 3.05) is 13.3 Å². The molecule has 6 heteroatoms. The molecule has 0 aliphatic carbocycles. The lowest BCUT2D eigenvalue weighted by atomic mass is 10.0. The fraction of sp³-hybridized carbons (Fsp3) is 0.190. The van der Waals surface area contributed by atoms with Crippen molar-refractivity contribution in [3.8, 4) is 11.5 Å². The highest BCUT2D eigenvalue weighted by Crippen LogP contribution is 2.33. The molecule has 1 aromatic heterocycles. The maximum Gasteiger partial charge on any atom is 0.246 e. The lowest BCUT2D eigenvalue weighted by Gasteiger charge is -2.26. The number of H-pyrrole nitrogens is 1. The van der Waals surface area contributed by atoms with Gasteiger partial charge in [-0.1, -0.05) is 18.2 Å². The fourth-order valence-electron chi connectivity index (χ4n) is 3.68. The van der Waals surface area contributed by atoms with E-state index in [-0.39, 0.29) is 12.7 Å². The Morgan fingerprint density at radius 2 is 2.07 bits per heavy atom. The number of carbonyl (C=O) groups is 1. The van der Waals surface area contributed by atoms with E-state index in [0.29, 0.717) is 13.1 Å². The molecular formula is C21H17BrN2O3. The molecule has 2 aliphatic heterocycles. The van der Waals surface area contributed by atoms with Crippen molar-refractivity contribution in [3.63, 3.8) is 0 Å². The van der Waals surface area contributed by atoms with Crippen molar-refractivity contribution in [2.45, 2.75) is 13.0 Å². The number of aromatic nitrogens is 1. The average molecular weight is 425 g/mol. The Morgan fingerprint density at radius 3 is 3.00 bits per heavy atom. The molecule has 0 spiro atoms. The number of hydrogen-bond donors (Lipinski definition) is 1. The summed E-state index contributed by atoms with van der Waals surface area (Å²) < 4.78 is 11.8. The second kappa shape index (κ2) is 6.46. The number of ether oxygens (including phenoxy) is 2. The number of carbonyl (C=O) groups excluding carboxylic acids is 1. The maximum absolute atomic E-state index is 12.7. The fourth-order valence-corrected chi connectivity index (χ4v) is 4.15. The van der Waals surface area contributed by atoms with Crippen molar-refractivity contribution in [1.82, 2.24) is 9.88 Å². The summed E-state index contributed by atoms with van der Waals surface area (Å²) in [7, 11) is 0. The van der Waals surface area contributed by atoms with Gasteiger partial charge in [0.2, 0.25) is 12.7 Å². The zero-order chi connectivity index (χ0) is 18.4. The Morgan fingerprint density at radius 1 is 1.19 bits per heavy atom. The lowest BCUT2D eigenvalue weighted by Crippen LogP contribution is -2.34. The van der Waals surface area contributed by atoms with E-state index in [1.165, 1.54) is 16.6 Å². The standard InChI is InChI=1S/C21H17BrN2O3/c22-16-3-1-2-14-15-11-24(9-8-17(15)23-21(14)16)20(25)7-5-13-4-6-18-19(10-13)27-12-26-18/h1-7,10,23H,8-9,11-12H2/b7-5+. The Balaban J connectivity index is 1.36. The van der Waals surface area contributed by atoms with Crippen LogP contribution in [0, 0.1) is 0 Å². The summed E-state index contributed by atoms with van der Waals surface area (Å²) in [6.07, 6.45) is 4.29. The van der Waals surface area contributed by atoms with Gasteiger partial charge in [-0.15, -0.1) is 0 Å². The molecule has 136 valence electrons. The van der Waals surface area contributed by atoms with Gasteiger partial charge in [-0.05, 0) is 45.8 Å². The van der Waals surface area contributed by atoms with Crippen LogP contribution in [0.15, 0.2) is 46.9 Å². The molecule has 0 radical (unpaired) electrons. The van der Waals surface area contributed by atoms with E-state index in [0.717, 1.165) is 33.5 Å². The smallest absolute Gasteiger partial charge is 0.246 e. The van der Waals surface area contributed by atoms with Crippen molar-refractivity contribution >= 4 is 38.8 Å². The van der Waals surface area contributed by atoms with Crippen LogP contribution in [0.5, 0.6) is 11.5 Å². The van der Waals surface area contributed by atoms with E-state index in [4.69, 9.17) is 9.47 Å². The molecular weight excluding hydrogens is 408 g/mol. The molecule has 3 heterocycles. The number of nitrogens with one attached hydrogen (secondary N) is 1. The normalized spacial score (nSPS) is 15.5. The predicted molar refractivity (Wildman–Crippen MR) is 107 cm³/mol. The van der Waals surface area contributed by atoms with Gasteiger partial charge in [0, 0.05) is 46.7 Å². The minimum Gasteiger partial charge on any atom is -0.454 e. The van der Waals surface area contributed by atoms with Crippen LogP contribution >= 0.6 is 15.9 Å². The Bertz CT molecular complexity index is 1090. The summed E-state index contributed by atoms with van der Waals surface area (Å²) in [6.45, 7) is 1.58. The molecule has 0 bridgehead atoms. The van der Waals surface area contributed by atoms with Crippen LogP contribution in [0.25, 0.3) is 17.0 Å². The monoisotopic (exact) mass is 424 g/mol. The predicted octanol–water partition coefficient (Wildman–Crippen LogP) is 4.26. The molecule has 1 N–H and O–H groups in total. The van der Waals surface area contributed by atoms with Gasteiger partial charge in [0.15, 0.2) is 11.5 Å². The first-order chi connectivity index (χ1) is 13.2. The van der Waals surface area contributed by atoms with E-state index in [9.17, 15) is 4.79 Å². The second-order valence-electron chi connectivity index (χ2n) is 6.70. The number of aromatic amines is 1. The molecule has 27 heavy (non-hydrogen) atoms. The molecule has 0 fully saturated rings. The molecule has 5 nitrogen and oxygen atoms in total. The summed E-state index contributed by atoms with van der Waals surface area (Å²) in [5.74, 6) is 1.48. The van der Waals surface area contributed by atoms with Gasteiger partial charge in [-0.25, -0.2) is 0 Å². The number of fused-ring (bicyclic) bond motifs is 4. The number of benzene rings is 2. The van der Waals surface area contributed by atoms with E-state index < -0.39 is 0 Å². The van der Waals surface area contributed by atoms with Crippen LogP contribution in [0.3, 0.4) is 0 Å². The van der Waals surface area contributed by atoms with Crippen LogP contribution in [-0.2, 0) is 17.8 Å². The van der Waals surface area contributed by atoms with Crippen LogP contribution in [0.1, 0.15) is 16.8 Å². The Hall–Kier alpha value is -2.73. The quantitative estimate of drug-likeness (QED) is 0.625. The number of rotatable bonds is 2. The van der Waals surface area contributed by atoms with Crippen molar-refractivity contribution < 1.29 is 14.3 Å². The summed E-state index contributed by atoms with van der Waals surface area (Å²) in [4.78, 5) is 18.1. The second-order valence-corrected chi connectivity index (χ2v) is 7.55. The van der Waals surface area contributed by atoms with Crippen molar-refractivity contribution in [2.24, 2.45) is 0 Å². The summed E-state index contributed by atoms with van der Waals surface area (Å²) >= 11 is 3.60. The number of para-hydroxylation sites is 1. The van der Waals surface area contributed by atoms with Gasteiger partial charge in [0.1, 0.15) is 0 Å². The number of nitrogens with zero attached hydrogens (tertiary/aromatic N) is 1. The number of hydrogen-bond acceptors (Lipinski definition) is 3. The molecule has 0 saturated carbocycles. The minimum atomic E-state index is 0.0164. The third-order valence-electron chi connectivity index (χ3n) is 5.09. The van der Waals surface area contributed by atoms with Gasteiger partial charge in [0.25, 0.3) is 0 Å². The SMILES string of the molecule is O=C(/C=C/c1ccc2c(c1)OCO2)N1CCc2[nH]c3c(Br)cccc3c2C1. The maximum atomic E-state index is 12.7. The number of amides is 1. The van der Waals surface area contributed by atoms with Crippen LogP contribution in [-0.4, -0.2) is 29.1 Å². The third kappa shape index (κ3) is 2.90. The van der Waals surface area contributed by atoms with Crippen LogP contribution in [0.4, 0.5) is 0 Å². The van der Waals surface area contributed by atoms with E-state index in [1.54, 1.807) is 6.08 Å². The molecule has 2 aliphatic rings. The first-order valence-corrected chi connectivity index (χ1v) is 9.63. The van der Waals surface area contributed by atoms with E-state index in [2.05, 4.69) is 27.0 Å². The highest BCUT2D eigenvalue weighted by atomic mass is 79.9. The molecule has 0 unspecified atom stereocenters. The molecule has 3 aromatic rings. The zero-order valence-corrected chi connectivity index (χ0v) is 16.1. The first kappa shape index (κ1) is 16.4. The summed E-state index contributed by atoms with van der Waals surface area (Å²) in [5.41, 5.74) is 4.46. The number of halogens is 1. The van der Waals surface area contributed by atoms with Crippen LogP contribution < -0.4 is 9.47 Å². The molecule has 1 amide bonds. The molecule has 0 saturated heterocycles. The van der Waals surface area contributed by atoms with Gasteiger partial charge in [0.05, 0.1) is 5.52 Å². The third-order valence-corrected chi connectivity index (χ3v) is 5.75. The summed E-state index contributed by atoms with van der Waals surface area (Å²) in [6, 6.07) is 11.8. The van der Waals surface area contributed by atoms with Gasteiger partial charge < -0.3 is 19.4 Å². The van der Waals surface area contributed by atoms with Gasteiger partial charge >= 0.3 is 0 Å². The van der Waals surface area contributed by atoms with E-state index >= 15 is 0 Å².